The van der Waals surface area contributed by atoms with Gasteiger partial charge < -0.3 is 37.2 Å². The van der Waals surface area contributed by atoms with Crippen molar-refractivity contribution in [2.45, 2.75) is 176 Å². The van der Waals surface area contributed by atoms with Crippen molar-refractivity contribution in [1.29, 1.82) is 0 Å². The molecule has 0 bridgehead atoms. The van der Waals surface area contributed by atoms with Crippen LogP contribution in [0.15, 0.2) is 78.4 Å². The minimum atomic E-state index is -2.95. The van der Waals surface area contributed by atoms with Gasteiger partial charge in [-0.25, -0.2) is 17.2 Å². The first kappa shape index (κ1) is 52.8. The number of fused-ring (bicyclic) bond motifs is 1. The van der Waals surface area contributed by atoms with E-state index in [0.717, 1.165) is 12.8 Å². The van der Waals surface area contributed by atoms with Gasteiger partial charge in [-0.2, -0.15) is 0 Å². The largest absolute Gasteiger partial charge is 4.00 e. The van der Waals surface area contributed by atoms with Gasteiger partial charge in [-0.3, -0.25) is 0 Å². The molecule has 3 aromatic rings. The Bertz CT molecular complexity index is 1600. The number of allylic oxidation sites excluding steroid dienone is 4. The first-order valence-corrected chi connectivity index (χ1v) is 22.3. The fourth-order valence-corrected chi connectivity index (χ4v) is 13.8. The third-order valence-corrected chi connectivity index (χ3v) is 17.0. The van der Waals surface area contributed by atoms with Gasteiger partial charge in [0.2, 0.25) is 0 Å². The van der Waals surface area contributed by atoms with E-state index in [0.29, 0.717) is 5.92 Å². The van der Waals surface area contributed by atoms with E-state index < -0.39 is 8.07 Å². The molecule has 5 heteroatoms. The Balaban J connectivity index is 0.00000392. The number of hydrogen-bond acceptors (Lipinski definition) is 0. The summed E-state index contributed by atoms with van der Waals surface area (Å²) in [6.07, 6.45) is 10.8. The Hall–Kier alpha value is -1.19. The Kier molecular flexibility index (Phi) is 16.8. The van der Waals surface area contributed by atoms with E-state index in [2.05, 4.69) is 197 Å². The Morgan fingerprint density at radius 3 is 0.964 bits per heavy atom. The smallest absolute Gasteiger partial charge is 1.00 e. The van der Waals surface area contributed by atoms with E-state index in [4.69, 9.17) is 0 Å². The van der Waals surface area contributed by atoms with E-state index in [-0.39, 0.29) is 91.4 Å². The molecule has 0 N–H and O–H groups in total. The summed E-state index contributed by atoms with van der Waals surface area (Å²) < 4.78 is 0. The van der Waals surface area contributed by atoms with Crippen molar-refractivity contribution < 1.29 is 58.9 Å². The molecule has 56 heavy (non-hydrogen) atoms. The molecule has 0 nitrogen and oxygen atoms in total. The van der Waals surface area contributed by atoms with E-state index in [1.54, 1.807) is 26.7 Å². The van der Waals surface area contributed by atoms with Gasteiger partial charge in [0.15, 0.2) is 0 Å². The topological polar surface area (TPSA) is 0 Å². The molecule has 5 rings (SSSR count). The second kappa shape index (κ2) is 17.8. The normalized spacial score (nSPS) is 16.5. The van der Waals surface area contributed by atoms with Gasteiger partial charge in [0, 0.05) is 0 Å². The molecule has 0 aliphatic heterocycles. The van der Waals surface area contributed by atoms with Gasteiger partial charge in [0.05, 0.1) is 8.07 Å². The Morgan fingerprint density at radius 1 is 0.446 bits per heavy atom. The minimum Gasteiger partial charge on any atom is -1.00 e. The summed E-state index contributed by atoms with van der Waals surface area (Å²) in [5.41, 5.74) is 12.1. The fraction of sp³-hybridized carbons (Fsp3) is 0.549. The maximum absolute atomic E-state index is 2.95. The van der Waals surface area contributed by atoms with Crippen molar-refractivity contribution >= 4 is 23.6 Å². The zero-order valence-electron chi connectivity index (χ0n) is 38.3. The average Bonchev–Trinajstić information content (AvgIpc) is 3.43. The van der Waals surface area contributed by atoms with Crippen molar-refractivity contribution in [3.63, 3.8) is 0 Å². The van der Waals surface area contributed by atoms with Crippen LogP contribution in [0, 0.1) is 11.5 Å². The Labute approximate surface area is 379 Å². The van der Waals surface area contributed by atoms with E-state index in [1.165, 1.54) is 39.8 Å². The van der Waals surface area contributed by atoms with E-state index >= 15 is 0 Å². The van der Waals surface area contributed by atoms with Crippen molar-refractivity contribution in [2.75, 3.05) is 0 Å². The van der Waals surface area contributed by atoms with Gasteiger partial charge in [0.25, 0.3) is 0 Å². The zero-order chi connectivity index (χ0) is 39.0. The Morgan fingerprint density at radius 2 is 0.714 bits per heavy atom. The van der Waals surface area contributed by atoms with Crippen LogP contribution < -0.4 is 52.8 Å². The number of hydrogen-bond donors (Lipinski definition) is 0. The first-order valence-electron chi connectivity index (χ1n) is 20.3. The molecule has 0 heterocycles. The van der Waals surface area contributed by atoms with Crippen molar-refractivity contribution in [3.05, 3.63) is 117 Å². The molecular weight excluding hydrogens is 795 g/mol. The van der Waals surface area contributed by atoms with Gasteiger partial charge in [-0.1, -0.05) is 208 Å². The average molecular weight is 868 g/mol. The summed E-state index contributed by atoms with van der Waals surface area (Å²) in [5, 5.41) is 4.69. The molecule has 0 aromatic heterocycles. The minimum absolute atomic E-state index is 0. The fourth-order valence-electron chi connectivity index (χ4n) is 8.32. The molecule has 0 saturated heterocycles. The summed E-state index contributed by atoms with van der Waals surface area (Å²) in [4.78, 5) is 0. The molecular formula is C51H73Cl3SiTi. The van der Waals surface area contributed by atoms with Crippen LogP contribution in [-0.4, -0.2) is 8.07 Å². The SMILES string of the molecule is CC(C)(C)c1cc(C(C)(C)C)cc([Si](c2cc(C(C)(C)C)cc(C(C)(C)C)c2)(c2cc(C(C)(C)C)cc(C(C)(C)C)c2)[C-]2CCC3CC=CC=C23)c1.[Cl-].[Cl-].[Cl-].[Ti+4]. The quantitative estimate of drug-likeness (QED) is 0.215. The van der Waals surface area contributed by atoms with E-state index in [9.17, 15) is 0 Å². The standard InChI is InChI=1S/C51H73Si.3ClH.Ti/c1-46(2,3)35-25-36(47(4,5)6)29-41(28-35)52(45-24-23-34-21-19-20-22-44(34)45,42-30-37(48(7,8)9)26-38(31-42)49(10,11)12)43-32-39(50(13,14)15)27-40(33-43)51(16,17)18;;;;/h19-20,22,25-34H,21,23-24H2,1-18H3;3*1H;/q-1;;;;+4/p-3. The molecule has 0 radical (unpaired) electrons. The number of benzene rings is 3. The van der Waals surface area contributed by atoms with Crippen LogP contribution >= 0.6 is 0 Å². The second-order valence-electron chi connectivity index (χ2n) is 22.6. The van der Waals surface area contributed by atoms with Crippen LogP contribution in [0.4, 0.5) is 0 Å². The molecule has 1 atom stereocenters. The molecule has 1 fully saturated rings. The van der Waals surface area contributed by atoms with E-state index in [1.807, 2.05) is 0 Å². The van der Waals surface area contributed by atoms with Crippen molar-refractivity contribution in [1.82, 2.24) is 0 Å². The van der Waals surface area contributed by atoms with Crippen LogP contribution in [0.2, 0.25) is 0 Å². The maximum Gasteiger partial charge on any atom is 4.00 e. The zero-order valence-corrected chi connectivity index (χ0v) is 43.1. The van der Waals surface area contributed by atoms with Gasteiger partial charge in [-0.05, 0) is 78.2 Å². The van der Waals surface area contributed by atoms with Crippen LogP contribution in [-0.2, 0) is 54.2 Å². The van der Waals surface area contributed by atoms with Crippen LogP contribution in [0.5, 0.6) is 0 Å². The summed E-state index contributed by atoms with van der Waals surface area (Å²) in [5.74, 6) is 0.598. The van der Waals surface area contributed by atoms with Gasteiger partial charge >= 0.3 is 21.7 Å². The molecule has 306 valence electrons. The second-order valence-corrected chi connectivity index (χ2v) is 26.5. The molecule has 0 amide bonds. The molecule has 2 aliphatic rings. The van der Waals surface area contributed by atoms with Crippen molar-refractivity contribution in [3.8, 4) is 0 Å². The van der Waals surface area contributed by atoms with Gasteiger partial charge in [0.1, 0.15) is 0 Å². The third-order valence-electron chi connectivity index (χ3n) is 12.1. The number of rotatable bonds is 4. The molecule has 3 aromatic carbocycles. The summed E-state index contributed by atoms with van der Waals surface area (Å²) in [6.45, 7) is 43.3. The molecule has 1 unspecified atom stereocenters. The van der Waals surface area contributed by atoms with Crippen LogP contribution in [0.25, 0.3) is 0 Å². The summed E-state index contributed by atoms with van der Waals surface area (Å²) in [6, 6.07) is 23.7. The predicted molar refractivity (Wildman–Crippen MR) is 234 cm³/mol. The molecule has 0 spiro atoms. The van der Waals surface area contributed by atoms with Crippen LogP contribution in [0.1, 0.15) is 177 Å². The maximum atomic E-state index is 2.68. The monoisotopic (exact) mass is 866 g/mol. The first-order chi connectivity index (χ1) is 23.5. The number of halogens is 3. The third kappa shape index (κ3) is 10.8. The van der Waals surface area contributed by atoms with Crippen LogP contribution in [0.3, 0.4) is 0 Å². The predicted octanol–water partition coefficient (Wildman–Crippen LogP) is 3.36. The van der Waals surface area contributed by atoms with Gasteiger partial charge in [-0.15, -0.1) is 12.2 Å². The summed E-state index contributed by atoms with van der Waals surface area (Å²) >= 11 is 0. The van der Waals surface area contributed by atoms with Crippen molar-refractivity contribution in [2.24, 2.45) is 5.92 Å². The molecule has 1 saturated carbocycles. The summed E-state index contributed by atoms with van der Waals surface area (Å²) in [7, 11) is -2.95. The molecule has 2 aliphatic carbocycles.